The molecule has 0 aromatic rings. The van der Waals surface area contributed by atoms with Crippen molar-refractivity contribution in [2.75, 3.05) is 0 Å². The Kier molecular flexibility index (Phi) is 6.73. The number of amides is 2. The molecule has 5 heteroatoms. The molecule has 0 spiro atoms. The van der Waals surface area contributed by atoms with Gasteiger partial charge in [0.25, 0.3) is 0 Å². The van der Waals surface area contributed by atoms with Crippen molar-refractivity contribution in [3.63, 3.8) is 0 Å². The van der Waals surface area contributed by atoms with Gasteiger partial charge in [-0.25, -0.2) is 9.59 Å². The predicted molar refractivity (Wildman–Crippen MR) is 71.5 cm³/mol. The van der Waals surface area contributed by atoms with Gasteiger partial charge in [0.1, 0.15) is 6.04 Å². The Labute approximate surface area is 109 Å². The molecule has 0 saturated carbocycles. The number of nitrogens with one attached hydrogen (secondary N) is 2. The van der Waals surface area contributed by atoms with E-state index in [1.807, 2.05) is 20.8 Å². The van der Waals surface area contributed by atoms with Crippen LogP contribution in [0.25, 0.3) is 0 Å². The van der Waals surface area contributed by atoms with Crippen molar-refractivity contribution in [3.8, 4) is 0 Å². The van der Waals surface area contributed by atoms with Gasteiger partial charge in [-0.3, -0.25) is 0 Å². The van der Waals surface area contributed by atoms with Crippen molar-refractivity contribution in [1.29, 1.82) is 0 Å². The highest BCUT2D eigenvalue weighted by molar-refractivity contribution is 5.83. The lowest BCUT2D eigenvalue weighted by atomic mass is 9.90. The normalized spacial score (nSPS) is 13.2. The summed E-state index contributed by atoms with van der Waals surface area (Å²) in [4.78, 5) is 22.9. The molecular formula is C13H26N2O3. The van der Waals surface area contributed by atoms with Crippen LogP contribution in [0.5, 0.6) is 0 Å². The quantitative estimate of drug-likeness (QED) is 0.656. The molecule has 0 radical (unpaired) electrons. The number of rotatable bonds is 7. The lowest BCUT2D eigenvalue weighted by Gasteiger charge is -2.32. The fourth-order valence-electron chi connectivity index (χ4n) is 1.95. The molecule has 0 aromatic heterocycles. The summed E-state index contributed by atoms with van der Waals surface area (Å²) in [6.45, 7) is 9.59. The van der Waals surface area contributed by atoms with E-state index in [1.54, 1.807) is 13.8 Å². The molecule has 18 heavy (non-hydrogen) atoms. The van der Waals surface area contributed by atoms with Crippen molar-refractivity contribution < 1.29 is 14.7 Å². The number of carboxylic acids is 1. The Morgan fingerprint density at radius 3 is 1.83 bits per heavy atom. The van der Waals surface area contributed by atoms with E-state index in [-0.39, 0.29) is 11.5 Å². The second kappa shape index (κ2) is 7.24. The van der Waals surface area contributed by atoms with Crippen LogP contribution >= 0.6 is 0 Å². The third-order valence-electron chi connectivity index (χ3n) is 3.63. The molecule has 0 aromatic carbocycles. The molecule has 0 saturated heterocycles. The molecule has 0 fully saturated rings. The molecule has 0 aliphatic heterocycles. The van der Waals surface area contributed by atoms with Crippen LogP contribution < -0.4 is 10.6 Å². The van der Waals surface area contributed by atoms with E-state index in [0.29, 0.717) is 0 Å². The van der Waals surface area contributed by atoms with Crippen LogP contribution in [0.1, 0.15) is 53.9 Å². The molecule has 0 aliphatic carbocycles. The Bertz CT molecular complexity index is 278. The maximum Gasteiger partial charge on any atom is 0.326 e. The number of aliphatic carboxylic acids is 1. The molecule has 0 aliphatic rings. The highest BCUT2D eigenvalue weighted by Crippen LogP contribution is 2.19. The second-order valence-electron chi connectivity index (χ2n) is 5.00. The number of urea groups is 1. The summed E-state index contributed by atoms with van der Waals surface area (Å²) < 4.78 is 0. The van der Waals surface area contributed by atoms with Gasteiger partial charge < -0.3 is 15.7 Å². The second-order valence-corrected chi connectivity index (χ2v) is 5.00. The van der Waals surface area contributed by atoms with Gasteiger partial charge >= 0.3 is 12.0 Å². The molecule has 5 nitrogen and oxygen atoms in total. The van der Waals surface area contributed by atoms with Crippen molar-refractivity contribution >= 4 is 12.0 Å². The highest BCUT2D eigenvalue weighted by Gasteiger charge is 2.29. The summed E-state index contributed by atoms with van der Waals surface area (Å²) >= 11 is 0. The lowest BCUT2D eigenvalue weighted by Crippen LogP contribution is -2.55. The van der Waals surface area contributed by atoms with Crippen LogP contribution in [0.15, 0.2) is 0 Å². The number of hydrogen-bond donors (Lipinski definition) is 3. The Morgan fingerprint density at radius 2 is 1.56 bits per heavy atom. The average molecular weight is 258 g/mol. The van der Waals surface area contributed by atoms with Gasteiger partial charge in [0.15, 0.2) is 0 Å². The molecule has 1 unspecified atom stereocenters. The number of hydrogen-bond acceptors (Lipinski definition) is 2. The van der Waals surface area contributed by atoms with Crippen LogP contribution in [0.2, 0.25) is 0 Å². The van der Waals surface area contributed by atoms with Crippen molar-refractivity contribution in [1.82, 2.24) is 10.6 Å². The summed E-state index contributed by atoms with van der Waals surface area (Å²) in [5.41, 5.74) is -0.246. The number of carbonyl (C=O) groups excluding carboxylic acids is 1. The first-order valence-corrected chi connectivity index (χ1v) is 6.63. The van der Waals surface area contributed by atoms with E-state index in [0.717, 1.165) is 19.3 Å². The molecule has 2 amide bonds. The zero-order valence-corrected chi connectivity index (χ0v) is 12.0. The Morgan fingerprint density at radius 1 is 1.11 bits per heavy atom. The Hall–Kier alpha value is -1.26. The fraction of sp³-hybridized carbons (Fsp3) is 0.846. The average Bonchev–Trinajstić information content (AvgIpc) is 2.32. The monoisotopic (exact) mass is 258 g/mol. The van der Waals surface area contributed by atoms with Crippen LogP contribution in [-0.2, 0) is 4.79 Å². The van der Waals surface area contributed by atoms with Crippen LogP contribution in [0.4, 0.5) is 4.79 Å². The van der Waals surface area contributed by atoms with Crippen LogP contribution in [-0.4, -0.2) is 28.7 Å². The van der Waals surface area contributed by atoms with Crippen molar-refractivity contribution in [2.45, 2.75) is 65.5 Å². The lowest BCUT2D eigenvalue weighted by molar-refractivity contribution is -0.140. The van der Waals surface area contributed by atoms with Crippen molar-refractivity contribution in [3.05, 3.63) is 0 Å². The molecule has 106 valence electrons. The van der Waals surface area contributed by atoms with E-state index in [2.05, 4.69) is 10.6 Å². The molecule has 1 atom stereocenters. The van der Waals surface area contributed by atoms with E-state index in [4.69, 9.17) is 5.11 Å². The van der Waals surface area contributed by atoms with Gasteiger partial charge in [-0.15, -0.1) is 0 Å². The number of carbonyl (C=O) groups is 2. The molecule has 0 rings (SSSR count). The van der Waals surface area contributed by atoms with E-state index < -0.39 is 18.0 Å². The standard InChI is InChI=1S/C13H26N2O3/c1-6-13(7-2,8-3)15-12(18)14-10(9(4)5)11(16)17/h9-10H,6-8H2,1-5H3,(H,16,17)(H2,14,15,18). The minimum absolute atomic E-state index is 0.146. The topological polar surface area (TPSA) is 78.4 Å². The molecule has 3 N–H and O–H groups in total. The van der Waals surface area contributed by atoms with Gasteiger partial charge in [-0.2, -0.15) is 0 Å². The Balaban J connectivity index is 4.62. The van der Waals surface area contributed by atoms with Crippen LogP contribution in [0, 0.1) is 5.92 Å². The van der Waals surface area contributed by atoms with E-state index in [9.17, 15) is 9.59 Å². The van der Waals surface area contributed by atoms with Gasteiger partial charge in [0, 0.05) is 5.54 Å². The van der Waals surface area contributed by atoms with E-state index >= 15 is 0 Å². The maximum atomic E-state index is 11.9. The van der Waals surface area contributed by atoms with Crippen LogP contribution in [0.3, 0.4) is 0 Å². The third kappa shape index (κ3) is 4.55. The largest absolute Gasteiger partial charge is 0.480 e. The summed E-state index contributed by atoms with van der Waals surface area (Å²) in [6, 6.07) is -1.25. The summed E-state index contributed by atoms with van der Waals surface area (Å²) in [7, 11) is 0. The molecular weight excluding hydrogens is 232 g/mol. The van der Waals surface area contributed by atoms with E-state index in [1.165, 1.54) is 0 Å². The van der Waals surface area contributed by atoms with Gasteiger partial charge in [-0.05, 0) is 25.2 Å². The first-order chi connectivity index (χ1) is 8.31. The summed E-state index contributed by atoms with van der Waals surface area (Å²) in [5, 5.41) is 14.5. The predicted octanol–water partition coefficient (Wildman–Crippen LogP) is 2.36. The summed E-state index contributed by atoms with van der Waals surface area (Å²) in [5.74, 6) is -1.15. The zero-order valence-electron chi connectivity index (χ0n) is 12.0. The first kappa shape index (κ1) is 16.7. The minimum atomic E-state index is -1.00. The van der Waals surface area contributed by atoms with Gasteiger partial charge in [-0.1, -0.05) is 34.6 Å². The maximum absolute atomic E-state index is 11.9. The van der Waals surface area contributed by atoms with Crippen molar-refractivity contribution in [2.24, 2.45) is 5.92 Å². The van der Waals surface area contributed by atoms with Gasteiger partial charge in [0.2, 0.25) is 0 Å². The minimum Gasteiger partial charge on any atom is -0.480 e. The highest BCUT2D eigenvalue weighted by atomic mass is 16.4. The first-order valence-electron chi connectivity index (χ1n) is 6.63. The molecule has 0 bridgehead atoms. The zero-order chi connectivity index (χ0) is 14.3. The van der Waals surface area contributed by atoms with Gasteiger partial charge in [0.05, 0.1) is 0 Å². The molecule has 0 heterocycles. The fourth-order valence-corrected chi connectivity index (χ4v) is 1.95. The number of carboxylic acid groups (broad SMARTS) is 1. The summed E-state index contributed by atoms with van der Waals surface area (Å²) in [6.07, 6.45) is 2.48. The SMILES string of the molecule is CCC(CC)(CC)NC(=O)NC(C(=O)O)C(C)C. The third-order valence-corrected chi connectivity index (χ3v) is 3.63. The smallest absolute Gasteiger partial charge is 0.326 e.